The minimum atomic E-state index is 0.622. The third-order valence-electron chi connectivity index (χ3n) is 5.22. The van der Waals surface area contributed by atoms with Crippen molar-refractivity contribution in [3.63, 3.8) is 0 Å². The molecule has 0 bridgehead atoms. The Morgan fingerprint density at radius 2 is 1.74 bits per heavy atom. The van der Waals surface area contributed by atoms with Crippen LogP contribution >= 0.6 is 15.9 Å². The molecule has 1 aromatic rings. The molecule has 0 aliphatic heterocycles. The lowest BCUT2D eigenvalue weighted by molar-refractivity contribution is 0.258. The van der Waals surface area contributed by atoms with Crippen molar-refractivity contribution in [3.05, 3.63) is 29.8 Å². The van der Waals surface area contributed by atoms with Crippen molar-refractivity contribution >= 4 is 15.9 Å². The van der Waals surface area contributed by atoms with Crippen LogP contribution in [-0.4, -0.2) is 11.4 Å². The van der Waals surface area contributed by atoms with E-state index >= 15 is 0 Å². The first-order valence-electron chi connectivity index (χ1n) is 9.58. The van der Waals surface area contributed by atoms with Crippen LogP contribution in [0.3, 0.4) is 0 Å². The predicted molar refractivity (Wildman–Crippen MR) is 104 cm³/mol. The second-order valence-corrected chi connectivity index (χ2v) is 8.31. The molecule has 0 radical (unpaired) electrons. The number of benzene rings is 1. The summed E-state index contributed by atoms with van der Waals surface area (Å²) in [5.41, 5.74) is 1.42. The number of unbranched alkanes of at least 4 members (excludes halogenated alkanes) is 1. The number of rotatable bonds is 9. The third kappa shape index (κ3) is 6.49. The van der Waals surface area contributed by atoms with E-state index in [2.05, 4.69) is 54.0 Å². The van der Waals surface area contributed by atoms with Crippen molar-refractivity contribution in [1.29, 1.82) is 0 Å². The van der Waals surface area contributed by atoms with Gasteiger partial charge in [0.05, 0.1) is 6.61 Å². The van der Waals surface area contributed by atoms with E-state index in [-0.39, 0.29) is 0 Å². The molecule has 1 aliphatic carbocycles. The summed E-state index contributed by atoms with van der Waals surface area (Å²) < 4.78 is 5.75. The molecule has 1 fully saturated rings. The van der Waals surface area contributed by atoms with Crippen LogP contribution in [0.25, 0.3) is 0 Å². The Hall–Kier alpha value is -0.500. The zero-order valence-electron chi connectivity index (χ0n) is 14.9. The number of ether oxygens (including phenoxy) is 1. The van der Waals surface area contributed by atoms with Gasteiger partial charge in [0.15, 0.2) is 0 Å². The monoisotopic (exact) mass is 380 g/mol. The Bertz CT molecular complexity index is 420. The van der Waals surface area contributed by atoms with E-state index in [4.69, 9.17) is 4.74 Å². The van der Waals surface area contributed by atoms with Gasteiger partial charge in [0.25, 0.3) is 0 Å². The van der Waals surface area contributed by atoms with Gasteiger partial charge in [-0.2, -0.15) is 0 Å². The summed E-state index contributed by atoms with van der Waals surface area (Å²) in [5, 5.41) is 0. The lowest BCUT2D eigenvalue weighted by Gasteiger charge is -2.31. The molecule has 0 amide bonds. The highest BCUT2D eigenvalue weighted by Gasteiger charge is 2.25. The Morgan fingerprint density at radius 1 is 1.04 bits per heavy atom. The maximum atomic E-state index is 5.75. The van der Waals surface area contributed by atoms with Crippen molar-refractivity contribution in [2.75, 3.05) is 6.61 Å². The Kier molecular flexibility index (Phi) is 8.50. The molecule has 0 aromatic heterocycles. The number of hydrogen-bond donors (Lipinski definition) is 0. The smallest absolute Gasteiger partial charge is 0.119 e. The maximum Gasteiger partial charge on any atom is 0.119 e. The molecule has 0 heterocycles. The van der Waals surface area contributed by atoms with E-state index < -0.39 is 0 Å². The third-order valence-corrected chi connectivity index (χ3v) is 6.29. The molecule has 1 unspecified atom stereocenters. The predicted octanol–water partition coefficient (Wildman–Crippen LogP) is 6.78. The zero-order chi connectivity index (χ0) is 16.5. The second kappa shape index (κ2) is 10.4. The van der Waals surface area contributed by atoms with Gasteiger partial charge in [0, 0.05) is 4.83 Å². The van der Waals surface area contributed by atoms with Crippen LogP contribution in [0.4, 0.5) is 0 Å². The number of halogens is 1. The van der Waals surface area contributed by atoms with Crippen molar-refractivity contribution in [2.24, 2.45) is 11.8 Å². The lowest BCUT2D eigenvalue weighted by atomic mass is 9.78. The summed E-state index contributed by atoms with van der Waals surface area (Å²) in [6.45, 7) is 5.34. The molecular weight excluding hydrogens is 348 g/mol. The van der Waals surface area contributed by atoms with Gasteiger partial charge in [-0.1, -0.05) is 74.0 Å². The van der Waals surface area contributed by atoms with Gasteiger partial charge in [-0.3, -0.25) is 0 Å². The summed E-state index contributed by atoms with van der Waals surface area (Å²) in [5.74, 6) is 2.85. The van der Waals surface area contributed by atoms with Gasteiger partial charge < -0.3 is 4.74 Å². The van der Waals surface area contributed by atoms with Gasteiger partial charge in [-0.25, -0.2) is 0 Å². The summed E-state index contributed by atoms with van der Waals surface area (Å²) in [4.78, 5) is 0.622. The van der Waals surface area contributed by atoms with Crippen LogP contribution in [0.1, 0.15) is 70.8 Å². The first-order valence-corrected chi connectivity index (χ1v) is 10.5. The summed E-state index contributed by atoms with van der Waals surface area (Å²) in [6.07, 6.45) is 11.9. The van der Waals surface area contributed by atoms with Crippen LogP contribution in [0.15, 0.2) is 24.3 Å². The van der Waals surface area contributed by atoms with Crippen molar-refractivity contribution < 1.29 is 4.74 Å². The maximum absolute atomic E-state index is 5.75. The standard InChI is InChI=1S/C21H33BrO/c1-3-5-15-23-20-13-9-18(10-14-20)16-21(22)19-11-7-17(6-4-2)8-12-19/h9-10,13-14,17,19,21H,3-8,11-12,15-16H2,1-2H3/t17-,19-,21?. The lowest BCUT2D eigenvalue weighted by Crippen LogP contribution is -2.23. The quantitative estimate of drug-likeness (QED) is 0.338. The van der Waals surface area contributed by atoms with Crippen LogP contribution < -0.4 is 4.74 Å². The van der Waals surface area contributed by atoms with Crippen molar-refractivity contribution in [1.82, 2.24) is 0 Å². The molecule has 2 rings (SSSR count). The van der Waals surface area contributed by atoms with Crippen LogP contribution in [0, 0.1) is 11.8 Å². The Balaban J connectivity index is 1.75. The van der Waals surface area contributed by atoms with E-state index in [1.165, 1.54) is 50.5 Å². The summed E-state index contributed by atoms with van der Waals surface area (Å²) >= 11 is 3.97. The van der Waals surface area contributed by atoms with Gasteiger partial charge >= 0.3 is 0 Å². The highest BCUT2D eigenvalue weighted by molar-refractivity contribution is 9.09. The highest BCUT2D eigenvalue weighted by Crippen LogP contribution is 2.36. The van der Waals surface area contributed by atoms with Crippen LogP contribution in [-0.2, 0) is 6.42 Å². The molecule has 1 saturated carbocycles. The summed E-state index contributed by atoms with van der Waals surface area (Å²) in [6, 6.07) is 8.72. The first kappa shape index (κ1) is 18.8. The zero-order valence-corrected chi connectivity index (χ0v) is 16.5. The van der Waals surface area contributed by atoms with Crippen LogP contribution in [0.5, 0.6) is 5.75 Å². The average Bonchev–Trinajstić information content (AvgIpc) is 2.57. The number of alkyl halides is 1. The fourth-order valence-corrected chi connectivity index (χ4v) is 4.60. The van der Waals surface area contributed by atoms with Gasteiger partial charge in [-0.05, 0) is 55.2 Å². The molecule has 1 nitrogen and oxygen atoms in total. The van der Waals surface area contributed by atoms with E-state index in [0.717, 1.165) is 37.0 Å². The van der Waals surface area contributed by atoms with Gasteiger partial charge in [0.1, 0.15) is 5.75 Å². The molecular formula is C21H33BrO. The molecule has 23 heavy (non-hydrogen) atoms. The molecule has 130 valence electrons. The Labute approximate surface area is 151 Å². The Morgan fingerprint density at radius 3 is 2.35 bits per heavy atom. The second-order valence-electron chi connectivity index (χ2n) is 7.14. The molecule has 0 saturated heterocycles. The van der Waals surface area contributed by atoms with Crippen molar-refractivity contribution in [3.8, 4) is 5.75 Å². The van der Waals surface area contributed by atoms with E-state index in [0.29, 0.717) is 4.83 Å². The largest absolute Gasteiger partial charge is 0.494 e. The average molecular weight is 381 g/mol. The minimum absolute atomic E-state index is 0.622. The van der Waals surface area contributed by atoms with Crippen LogP contribution in [0.2, 0.25) is 0 Å². The SMILES string of the molecule is CCCCOc1ccc(CC(Br)[C@H]2CC[C@H](CCC)CC2)cc1. The highest BCUT2D eigenvalue weighted by atomic mass is 79.9. The molecule has 2 heteroatoms. The van der Waals surface area contributed by atoms with Crippen molar-refractivity contribution in [2.45, 2.75) is 76.5 Å². The van der Waals surface area contributed by atoms with E-state index in [1.807, 2.05) is 0 Å². The normalized spacial score (nSPS) is 22.7. The van der Waals surface area contributed by atoms with Gasteiger partial charge in [-0.15, -0.1) is 0 Å². The number of hydrogen-bond acceptors (Lipinski definition) is 1. The molecule has 0 spiro atoms. The van der Waals surface area contributed by atoms with E-state index in [9.17, 15) is 0 Å². The van der Waals surface area contributed by atoms with E-state index in [1.54, 1.807) is 0 Å². The molecule has 0 N–H and O–H groups in total. The fourth-order valence-electron chi connectivity index (χ4n) is 3.69. The molecule has 1 aliphatic rings. The topological polar surface area (TPSA) is 9.23 Å². The van der Waals surface area contributed by atoms with Gasteiger partial charge in [0.2, 0.25) is 0 Å². The molecule has 1 aromatic carbocycles. The fraction of sp³-hybridized carbons (Fsp3) is 0.714. The first-order chi connectivity index (χ1) is 11.2. The molecule has 1 atom stereocenters. The summed E-state index contributed by atoms with van der Waals surface area (Å²) in [7, 11) is 0. The minimum Gasteiger partial charge on any atom is -0.494 e.